The highest BCUT2D eigenvalue weighted by Gasteiger charge is 1.96. The first-order valence-corrected chi connectivity index (χ1v) is 3.42. The second kappa shape index (κ2) is 2.06. The van der Waals surface area contributed by atoms with Crippen molar-refractivity contribution < 1.29 is 0 Å². The van der Waals surface area contributed by atoms with Gasteiger partial charge in [-0.3, -0.25) is 9.97 Å². The van der Waals surface area contributed by atoms with Crippen LogP contribution in [0.4, 0.5) is 0 Å². The van der Waals surface area contributed by atoms with Gasteiger partial charge in [-0.25, -0.2) is 4.79 Å². The standard InChI is InChI=1S/C3H2Br2N2O/c4-1-2(5)7-3(8)6-1/h(H2,6,7,8). The quantitative estimate of drug-likeness (QED) is 0.706. The number of rotatable bonds is 0. The summed E-state index contributed by atoms with van der Waals surface area (Å²) < 4.78 is 1.28. The summed E-state index contributed by atoms with van der Waals surface area (Å²) in [6.45, 7) is 0. The maximum absolute atomic E-state index is 10.3. The summed E-state index contributed by atoms with van der Waals surface area (Å²) >= 11 is 6.16. The third-order valence-electron chi connectivity index (χ3n) is 0.639. The molecule has 0 aliphatic heterocycles. The third-order valence-corrected chi connectivity index (χ3v) is 2.36. The molecule has 8 heavy (non-hydrogen) atoms. The molecule has 0 fully saturated rings. The first-order chi connectivity index (χ1) is 3.70. The summed E-state index contributed by atoms with van der Waals surface area (Å²) in [6, 6.07) is 0. The zero-order valence-corrected chi connectivity index (χ0v) is 6.84. The van der Waals surface area contributed by atoms with Crippen molar-refractivity contribution in [1.82, 2.24) is 9.97 Å². The Balaban J connectivity index is 3.35. The first kappa shape index (κ1) is 6.10. The highest BCUT2D eigenvalue weighted by molar-refractivity contribution is 9.13. The van der Waals surface area contributed by atoms with Crippen molar-refractivity contribution >= 4 is 31.9 Å². The van der Waals surface area contributed by atoms with Crippen LogP contribution in [0.25, 0.3) is 0 Å². The molecule has 0 atom stereocenters. The van der Waals surface area contributed by atoms with E-state index in [2.05, 4.69) is 41.8 Å². The molecule has 1 aromatic rings. The van der Waals surface area contributed by atoms with Crippen LogP contribution in [0.2, 0.25) is 0 Å². The van der Waals surface area contributed by atoms with Gasteiger partial charge < -0.3 is 0 Å². The van der Waals surface area contributed by atoms with Crippen molar-refractivity contribution in [1.29, 1.82) is 0 Å². The molecule has 0 saturated carbocycles. The van der Waals surface area contributed by atoms with E-state index in [4.69, 9.17) is 0 Å². The van der Waals surface area contributed by atoms with E-state index in [1.165, 1.54) is 0 Å². The Bertz CT molecular complexity index is 215. The Morgan fingerprint density at radius 3 is 1.62 bits per heavy atom. The minimum atomic E-state index is -0.219. The van der Waals surface area contributed by atoms with Crippen molar-refractivity contribution in [3.63, 3.8) is 0 Å². The molecule has 0 radical (unpaired) electrons. The number of halogens is 2. The van der Waals surface area contributed by atoms with Crippen LogP contribution >= 0.6 is 31.9 Å². The second-order valence-electron chi connectivity index (χ2n) is 1.21. The van der Waals surface area contributed by atoms with Crippen molar-refractivity contribution in [2.45, 2.75) is 0 Å². The van der Waals surface area contributed by atoms with Gasteiger partial charge in [-0.2, -0.15) is 0 Å². The molecule has 0 amide bonds. The molecular weight excluding hydrogens is 240 g/mol. The van der Waals surface area contributed by atoms with E-state index in [9.17, 15) is 4.79 Å². The Hall–Kier alpha value is -0.0300. The number of nitrogens with one attached hydrogen (secondary N) is 2. The average Bonchev–Trinajstić information content (AvgIpc) is 1.85. The Kier molecular flexibility index (Phi) is 1.57. The molecular formula is C3H2Br2N2O. The second-order valence-corrected chi connectivity index (χ2v) is 2.79. The van der Waals surface area contributed by atoms with Gasteiger partial charge in [0.05, 0.1) is 0 Å². The lowest BCUT2D eigenvalue weighted by atomic mass is 11.0. The summed E-state index contributed by atoms with van der Waals surface area (Å²) in [7, 11) is 0. The van der Waals surface area contributed by atoms with Gasteiger partial charge in [0.15, 0.2) is 0 Å². The van der Waals surface area contributed by atoms with Gasteiger partial charge in [0.25, 0.3) is 0 Å². The Labute approximate surface area is 61.8 Å². The number of H-pyrrole nitrogens is 2. The molecule has 0 bridgehead atoms. The van der Waals surface area contributed by atoms with Gasteiger partial charge in [-0.1, -0.05) is 0 Å². The monoisotopic (exact) mass is 240 g/mol. The molecule has 0 aromatic carbocycles. The normalized spacial score (nSPS) is 9.75. The van der Waals surface area contributed by atoms with Gasteiger partial charge in [-0.05, 0) is 31.9 Å². The molecule has 3 nitrogen and oxygen atoms in total. The maximum atomic E-state index is 10.3. The summed E-state index contributed by atoms with van der Waals surface area (Å²) in [6.07, 6.45) is 0. The molecule has 44 valence electrons. The van der Waals surface area contributed by atoms with Crippen molar-refractivity contribution in [3.8, 4) is 0 Å². The molecule has 0 aliphatic carbocycles. The zero-order valence-electron chi connectivity index (χ0n) is 3.66. The number of imidazole rings is 1. The molecule has 2 N–H and O–H groups in total. The van der Waals surface area contributed by atoms with E-state index in [-0.39, 0.29) is 5.69 Å². The average molecular weight is 242 g/mol. The van der Waals surface area contributed by atoms with Crippen molar-refractivity contribution in [2.24, 2.45) is 0 Å². The lowest BCUT2D eigenvalue weighted by Crippen LogP contribution is -1.99. The van der Waals surface area contributed by atoms with Crippen molar-refractivity contribution in [3.05, 3.63) is 19.7 Å². The SMILES string of the molecule is O=c1[nH]c(Br)c(Br)[nH]1. The zero-order chi connectivity index (χ0) is 6.15. The van der Waals surface area contributed by atoms with Crippen LogP contribution in [0.1, 0.15) is 0 Å². The van der Waals surface area contributed by atoms with Gasteiger partial charge in [0, 0.05) is 0 Å². The molecule has 0 spiro atoms. The van der Waals surface area contributed by atoms with Crippen molar-refractivity contribution in [2.75, 3.05) is 0 Å². The van der Waals surface area contributed by atoms with E-state index in [0.29, 0.717) is 9.21 Å². The van der Waals surface area contributed by atoms with E-state index in [0.717, 1.165) is 0 Å². The van der Waals surface area contributed by atoms with Gasteiger partial charge in [0.2, 0.25) is 0 Å². The third kappa shape index (κ3) is 1.03. The Morgan fingerprint density at radius 1 is 1.12 bits per heavy atom. The Morgan fingerprint density at radius 2 is 1.50 bits per heavy atom. The van der Waals surface area contributed by atoms with E-state index < -0.39 is 0 Å². The van der Waals surface area contributed by atoms with Crippen LogP contribution in [0.15, 0.2) is 14.0 Å². The lowest BCUT2D eigenvalue weighted by molar-refractivity contribution is 1.17. The van der Waals surface area contributed by atoms with Crippen LogP contribution in [0.5, 0.6) is 0 Å². The molecule has 0 aliphatic rings. The summed E-state index contributed by atoms with van der Waals surface area (Å²) in [5.74, 6) is 0. The number of hydrogen-bond acceptors (Lipinski definition) is 1. The number of aromatic nitrogens is 2. The summed E-state index contributed by atoms with van der Waals surface area (Å²) in [4.78, 5) is 15.3. The van der Waals surface area contributed by atoms with E-state index >= 15 is 0 Å². The van der Waals surface area contributed by atoms with Crippen LogP contribution in [0.3, 0.4) is 0 Å². The van der Waals surface area contributed by atoms with E-state index in [1.807, 2.05) is 0 Å². The molecule has 5 heteroatoms. The largest absolute Gasteiger partial charge is 0.324 e. The highest BCUT2D eigenvalue weighted by atomic mass is 79.9. The summed E-state index contributed by atoms with van der Waals surface area (Å²) in [5.41, 5.74) is -0.219. The smallest absolute Gasteiger partial charge is 0.299 e. The topological polar surface area (TPSA) is 48.6 Å². The molecule has 1 heterocycles. The highest BCUT2D eigenvalue weighted by Crippen LogP contribution is 2.14. The minimum absolute atomic E-state index is 0.219. The fourth-order valence-electron chi connectivity index (χ4n) is 0.340. The minimum Gasteiger partial charge on any atom is -0.299 e. The molecule has 1 rings (SSSR count). The fraction of sp³-hybridized carbons (Fsp3) is 0. The van der Waals surface area contributed by atoms with E-state index in [1.54, 1.807) is 0 Å². The van der Waals surface area contributed by atoms with Crippen LogP contribution in [0, 0.1) is 0 Å². The molecule has 0 saturated heterocycles. The predicted octanol–water partition coefficient (Wildman–Crippen LogP) is 1.23. The number of aromatic amines is 2. The first-order valence-electron chi connectivity index (χ1n) is 1.83. The van der Waals surface area contributed by atoms with Crippen LogP contribution in [-0.4, -0.2) is 9.97 Å². The van der Waals surface area contributed by atoms with Gasteiger partial charge in [0.1, 0.15) is 9.21 Å². The predicted molar refractivity (Wildman–Crippen MR) is 36.8 cm³/mol. The lowest BCUT2D eigenvalue weighted by Gasteiger charge is -1.74. The maximum Gasteiger partial charge on any atom is 0.324 e. The fourth-order valence-corrected chi connectivity index (χ4v) is 0.899. The molecule has 0 unspecified atom stereocenters. The summed E-state index contributed by atoms with van der Waals surface area (Å²) in [5, 5.41) is 0. The van der Waals surface area contributed by atoms with Gasteiger partial charge >= 0.3 is 5.69 Å². The molecule has 1 aromatic heterocycles. The van der Waals surface area contributed by atoms with Crippen LogP contribution < -0.4 is 5.69 Å². The number of hydrogen-bond donors (Lipinski definition) is 2. The van der Waals surface area contributed by atoms with Crippen LogP contribution in [-0.2, 0) is 0 Å². The van der Waals surface area contributed by atoms with Gasteiger partial charge in [-0.15, -0.1) is 0 Å².